The largest absolute Gasteiger partial charge is 0.509 e. The van der Waals surface area contributed by atoms with Crippen LogP contribution >= 0.6 is 11.3 Å². The van der Waals surface area contributed by atoms with E-state index in [2.05, 4.69) is 10.9 Å². The van der Waals surface area contributed by atoms with Gasteiger partial charge in [0.15, 0.2) is 30.4 Å². The summed E-state index contributed by atoms with van der Waals surface area (Å²) >= 11 is 1.45. The number of likely N-dealkylation sites (N-methyl/N-ethyl adjacent to an activating group) is 2. The summed E-state index contributed by atoms with van der Waals surface area (Å²) in [7, 11) is 7.11. The summed E-state index contributed by atoms with van der Waals surface area (Å²) in [5.41, 5.74) is 0.359. The third kappa shape index (κ3) is 12.9. The van der Waals surface area contributed by atoms with Crippen LogP contribution in [0.4, 0.5) is 9.59 Å². The van der Waals surface area contributed by atoms with Crippen molar-refractivity contribution in [2.75, 3.05) is 34.8 Å². The van der Waals surface area contributed by atoms with E-state index in [-0.39, 0.29) is 37.3 Å². The molecule has 5 heterocycles. The van der Waals surface area contributed by atoms with Gasteiger partial charge in [0.1, 0.15) is 17.8 Å². The summed E-state index contributed by atoms with van der Waals surface area (Å²) in [5, 5.41) is 26.4. The molecule has 4 aliphatic heterocycles. The van der Waals surface area contributed by atoms with Crippen molar-refractivity contribution in [3.8, 4) is 0 Å². The minimum absolute atomic E-state index is 0.00698. The first-order valence-corrected chi connectivity index (χ1v) is 24.2. The van der Waals surface area contributed by atoms with E-state index < -0.39 is 114 Å². The monoisotopic (exact) mass is 969 g/mol. The summed E-state index contributed by atoms with van der Waals surface area (Å²) in [6.45, 7) is 18.3. The number of methoxy groups -OCH3 is 1. The molecule has 4 aliphatic rings. The summed E-state index contributed by atoms with van der Waals surface area (Å²) in [6.07, 6.45) is -7.42. The molecular weight excluding hydrogens is 893 g/mol. The van der Waals surface area contributed by atoms with Gasteiger partial charge in [0.25, 0.3) is 5.91 Å². The number of hydrazine groups is 1. The highest BCUT2D eigenvalue weighted by Crippen LogP contribution is 2.42. The lowest BCUT2D eigenvalue weighted by molar-refractivity contribution is -0.317. The van der Waals surface area contributed by atoms with Crippen molar-refractivity contribution in [3.05, 3.63) is 28.5 Å². The number of carbonyl (C=O) groups is 4. The molecule has 0 aliphatic carbocycles. The zero-order valence-corrected chi connectivity index (χ0v) is 42.4. The van der Waals surface area contributed by atoms with Crippen LogP contribution in [0.1, 0.15) is 99.8 Å². The second-order valence-corrected chi connectivity index (χ2v) is 20.9. The zero-order valence-electron chi connectivity index (χ0n) is 41.6. The lowest BCUT2D eigenvalue weighted by Crippen LogP contribution is -2.61. The second-order valence-electron chi connectivity index (χ2n) is 19.9. The van der Waals surface area contributed by atoms with E-state index in [1.165, 1.54) is 24.5 Å². The molecular formula is C47H76N4O15S. The highest BCUT2D eigenvalue weighted by Gasteiger charge is 2.58. The molecule has 0 radical (unpaired) electrons. The highest BCUT2D eigenvalue weighted by molar-refractivity contribution is 7.10. The van der Waals surface area contributed by atoms with Crippen molar-refractivity contribution in [3.63, 3.8) is 0 Å². The zero-order chi connectivity index (χ0) is 49.8. The third-order valence-corrected chi connectivity index (χ3v) is 14.9. The molecule has 380 valence electrons. The van der Waals surface area contributed by atoms with Gasteiger partial charge in [-0.1, -0.05) is 26.8 Å². The Morgan fingerprint density at radius 1 is 1.01 bits per heavy atom. The Bertz CT molecular complexity index is 1850. The van der Waals surface area contributed by atoms with Gasteiger partial charge in [0.2, 0.25) is 0 Å². The quantitative estimate of drug-likeness (QED) is 0.109. The number of esters is 1. The smallest absolute Gasteiger partial charge is 0.458 e. The number of carbonyl (C=O) groups excluding carboxylic acids is 4. The second kappa shape index (κ2) is 22.5. The van der Waals surface area contributed by atoms with E-state index in [1.54, 1.807) is 47.6 Å². The van der Waals surface area contributed by atoms with Gasteiger partial charge in [-0.15, -0.1) is 11.3 Å². The number of aliphatic hydroxyl groups excluding tert-OH is 1. The van der Waals surface area contributed by atoms with E-state index >= 15 is 0 Å². The number of nitrogens with one attached hydrogen (secondary N) is 2. The van der Waals surface area contributed by atoms with E-state index in [1.807, 2.05) is 76.2 Å². The molecule has 0 aromatic carbocycles. The molecule has 1 aromatic heterocycles. The number of cyclic esters (lactones) is 1. The van der Waals surface area contributed by atoms with Crippen molar-refractivity contribution in [2.24, 2.45) is 17.8 Å². The molecule has 0 saturated carbocycles. The normalized spacial score (nSPS) is 41.6. The molecule has 0 bridgehead atoms. The molecule has 4 saturated heterocycles. The number of nitrogens with zero attached hydrogens (tertiary/aromatic N) is 2. The molecule has 0 spiro atoms. The van der Waals surface area contributed by atoms with Crippen LogP contribution in [0.2, 0.25) is 0 Å². The highest BCUT2D eigenvalue weighted by atomic mass is 32.1. The fourth-order valence-electron chi connectivity index (χ4n) is 10.4. The first-order chi connectivity index (χ1) is 31.3. The van der Waals surface area contributed by atoms with Crippen LogP contribution in [0, 0.1) is 17.8 Å². The Morgan fingerprint density at radius 3 is 2.34 bits per heavy atom. The van der Waals surface area contributed by atoms with Crippen LogP contribution < -0.4 is 10.9 Å². The number of fused-ring (bicyclic) bond motifs is 1. The summed E-state index contributed by atoms with van der Waals surface area (Å²) in [4.78, 5) is 57.9. The Labute approximate surface area is 399 Å². The van der Waals surface area contributed by atoms with Gasteiger partial charge < -0.3 is 57.7 Å². The van der Waals surface area contributed by atoms with Gasteiger partial charge in [-0.25, -0.2) is 15.0 Å². The van der Waals surface area contributed by atoms with Gasteiger partial charge in [0, 0.05) is 49.0 Å². The SMILES string of the molecule is CC[C@H]1OC(=O)[C@@H](C)[C@H](O[C@H]2C[C@@](C)(OC)[C@@H](OC(=O)NNC(=O)/C=C/c3cccs3)[C@H](C)O2)[C@@H](C)[C@H](O[C@H]2O[C@@H](C)C[C@@H](N(C)C)[C@@H]2O)[C@@](C)(O)C[C@H](C)CN(C)[C@@H](C)[C@@H]2OC(=O)O[C@@]12C. The Hall–Kier alpha value is -3.44. The van der Waals surface area contributed by atoms with Crippen LogP contribution in [0.25, 0.3) is 6.08 Å². The molecule has 67 heavy (non-hydrogen) atoms. The molecule has 0 unspecified atom stereocenters. The molecule has 4 N–H and O–H groups in total. The molecule has 19 nitrogen and oxygen atoms in total. The van der Waals surface area contributed by atoms with E-state index in [0.29, 0.717) is 13.0 Å². The first-order valence-electron chi connectivity index (χ1n) is 23.4. The number of hydrogen-bond acceptors (Lipinski definition) is 18. The number of hydrogen-bond donors (Lipinski definition) is 4. The van der Waals surface area contributed by atoms with Gasteiger partial charge in [-0.05, 0) is 112 Å². The molecule has 20 heteroatoms. The van der Waals surface area contributed by atoms with Gasteiger partial charge in [-0.2, -0.15) is 0 Å². The third-order valence-electron chi connectivity index (χ3n) is 14.1. The van der Waals surface area contributed by atoms with Crippen molar-refractivity contribution in [1.82, 2.24) is 20.7 Å². The van der Waals surface area contributed by atoms with Crippen LogP contribution in [-0.4, -0.2) is 169 Å². The Morgan fingerprint density at radius 2 is 1.72 bits per heavy atom. The fourth-order valence-corrected chi connectivity index (χ4v) is 11.0. The maximum Gasteiger partial charge on any atom is 0.509 e. The van der Waals surface area contributed by atoms with Crippen LogP contribution in [0.3, 0.4) is 0 Å². The summed E-state index contributed by atoms with van der Waals surface area (Å²) < 4.78 is 56.2. The predicted molar refractivity (Wildman–Crippen MR) is 246 cm³/mol. The van der Waals surface area contributed by atoms with Gasteiger partial charge in [0.05, 0.1) is 35.9 Å². The molecule has 2 amide bonds. The van der Waals surface area contributed by atoms with Crippen molar-refractivity contribution in [2.45, 2.75) is 185 Å². The van der Waals surface area contributed by atoms with E-state index in [9.17, 15) is 29.4 Å². The standard InChI is InChI=1S/C47H76N4O15S/c1-15-33-47(10)39(65-44(56)66-47)29(6)51(13)24-25(2)22-45(8,57)38(63-42-36(53)32(50(11)12)21-26(3)59-42)27(4)37(28(5)41(54)61-33)62-35-23-46(9,58-14)40(30(7)60-35)64-43(55)49-48-34(52)19-18-31-17-16-20-67-31/h16-20,25-30,32-33,35-40,42,53,57H,15,21-24H2,1-14H3,(H,48,52)(H,49,55)/b19-18+/t25-,26-,27+,28-,29-,30-,32+,33+,35-,36-,37+,38-,39-,40-,42+,45-,46+,47-/m0/s1. The average Bonchev–Trinajstić information content (AvgIpc) is 3.90. The van der Waals surface area contributed by atoms with E-state index in [0.717, 1.165) is 4.88 Å². The minimum atomic E-state index is -1.63. The Kier molecular flexibility index (Phi) is 18.3. The molecule has 18 atom stereocenters. The predicted octanol–water partition coefficient (Wildman–Crippen LogP) is 4.62. The lowest BCUT2D eigenvalue weighted by atomic mass is 9.77. The molecule has 1 aromatic rings. The number of amides is 2. The number of ether oxygens (including phenoxy) is 9. The molecule has 5 rings (SSSR count). The maximum atomic E-state index is 14.7. The van der Waals surface area contributed by atoms with Crippen molar-refractivity contribution < 1.29 is 72.0 Å². The minimum Gasteiger partial charge on any atom is -0.458 e. The van der Waals surface area contributed by atoms with E-state index in [4.69, 9.17) is 42.6 Å². The summed E-state index contributed by atoms with van der Waals surface area (Å²) in [5.74, 6) is -3.35. The number of aliphatic hydroxyl groups is 2. The molecule has 4 fully saturated rings. The maximum absolute atomic E-state index is 14.7. The lowest BCUT2D eigenvalue weighted by Gasteiger charge is -2.49. The average molecular weight is 969 g/mol. The summed E-state index contributed by atoms with van der Waals surface area (Å²) in [6, 6.07) is 2.98. The fraction of sp³-hybridized carbons (Fsp3) is 0.787. The van der Waals surface area contributed by atoms with Crippen LogP contribution in [-0.2, 0) is 52.2 Å². The number of rotatable bonds is 10. The van der Waals surface area contributed by atoms with Gasteiger partial charge in [-0.3, -0.25) is 19.9 Å². The van der Waals surface area contributed by atoms with Crippen molar-refractivity contribution >= 4 is 41.5 Å². The van der Waals surface area contributed by atoms with Gasteiger partial charge >= 0.3 is 18.2 Å². The van der Waals surface area contributed by atoms with Crippen LogP contribution in [0.15, 0.2) is 23.6 Å². The van der Waals surface area contributed by atoms with Crippen molar-refractivity contribution in [1.29, 1.82) is 0 Å². The Balaban J connectivity index is 1.48. The number of thiophene rings is 1. The first kappa shape index (κ1) is 54.5. The van der Waals surface area contributed by atoms with Crippen LogP contribution in [0.5, 0.6) is 0 Å². The topological polar surface area (TPSA) is 222 Å².